The monoisotopic (exact) mass is 196 g/mol. The van der Waals surface area contributed by atoms with Crippen LogP contribution in [0.4, 0.5) is 0 Å². The number of carboxylic acids is 1. The molecule has 13 heavy (non-hydrogen) atoms. The predicted molar refractivity (Wildman–Crippen MR) is 44.6 cm³/mol. The second-order valence-corrected chi connectivity index (χ2v) is 3.13. The lowest BCUT2D eigenvalue weighted by Crippen LogP contribution is -1.94. The summed E-state index contributed by atoms with van der Waals surface area (Å²) >= 11 is 1.36. The molecule has 0 saturated heterocycles. The molecule has 0 unspecified atom stereocenters. The van der Waals surface area contributed by atoms with Gasteiger partial charge in [-0.25, -0.2) is 4.79 Å². The fourth-order valence-electron chi connectivity index (χ4n) is 0.830. The fourth-order valence-corrected chi connectivity index (χ4v) is 1.40. The van der Waals surface area contributed by atoms with Crippen LogP contribution in [0.1, 0.15) is 10.5 Å². The molecule has 2 rings (SSSR count). The maximum Gasteiger partial charge on any atom is 0.358 e. The Bertz CT molecular complexity index is 421. The van der Waals surface area contributed by atoms with E-state index in [0.717, 1.165) is 4.88 Å². The van der Waals surface area contributed by atoms with Gasteiger partial charge in [-0.1, -0.05) is 5.16 Å². The number of nitrogens with zero attached hydrogens (tertiary/aromatic N) is 2. The van der Waals surface area contributed by atoms with Crippen LogP contribution in [-0.4, -0.2) is 21.2 Å². The van der Waals surface area contributed by atoms with Gasteiger partial charge in [-0.2, -0.15) is 0 Å². The number of aromatic nitrogens is 2. The SMILES string of the molecule is O=C(O)c1cc(-c2cncs2)on1. The lowest BCUT2D eigenvalue weighted by Gasteiger charge is -1.81. The Labute approximate surface area is 76.6 Å². The third kappa shape index (κ3) is 1.43. The first-order chi connectivity index (χ1) is 6.27. The first-order valence-electron chi connectivity index (χ1n) is 3.36. The molecule has 0 aromatic carbocycles. The highest BCUT2D eigenvalue weighted by Gasteiger charge is 2.12. The molecular formula is C7H4N2O3S. The zero-order chi connectivity index (χ0) is 9.26. The smallest absolute Gasteiger partial charge is 0.358 e. The third-order valence-electron chi connectivity index (χ3n) is 1.40. The fraction of sp³-hybridized carbons (Fsp3) is 0. The van der Waals surface area contributed by atoms with Gasteiger partial charge in [0.15, 0.2) is 11.5 Å². The molecule has 1 N–H and O–H groups in total. The molecule has 66 valence electrons. The Balaban J connectivity index is 2.39. The van der Waals surface area contributed by atoms with Crippen molar-refractivity contribution >= 4 is 17.3 Å². The highest BCUT2D eigenvalue weighted by molar-refractivity contribution is 7.13. The van der Waals surface area contributed by atoms with Gasteiger partial charge in [0.2, 0.25) is 0 Å². The molecule has 0 spiro atoms. The van der Waals surface area contributed by atoms with Gasteiger partial charge >= 0.3 is 5.97 Å². The summed E-state index contributed by atoms with van der Waals surface area (Å²) in [4.78, 5) is 15.0. The van der Waals surface area contributed by atoms with Crippen LogP contribution in [0.3, 0.4) is 0 Å². The average Bonchev–Trinajstić information content (AvgIpc) is 2.75. The average molecular weight is 196 g/mol. The molecule has 0 amide bonds. The van der Waals surface area contributed by atoms with Crippen molar-refractivity contribution in [2.24, 2.45) is 0 Å². The minimum absolute atomic E-state index is 0.0941. The van der Waals surface area contributed by atoms with Crippen molar-refractivity contribution in [3.05, 3.63) is 23.5 Å². The minimum Gasteiger partial charge on any atom is -0.476 e. The quantitative estimate of drug-likeness (QED) is 0.787. The Hall–Kier alpha value is -1.69. The molecule has 0 aliphatic rings. The molecule has 0 aliphatic carbocycles. The molecule has 2 aromatic rings. The number of carbonyl (C=O) groups is 1. The summed E-state index contributed by atoms with van der Waals surface area (Å²) in [5.74, 6) is -0.667. The molecule has 0 bridgehead atoms. The van der Waals surface area contributed by atoms with Gasteiger partial charge in [-0.05, 0) is 0 Å². The molecule has 5 nitrogen and oxygen atoms in total. The highest BCUT2D eigenvalue weighted by atomic mass is 32.1. The Morgan fingerprint density at radius 3 is 3.00 bits per heavy atom. The van der Waals surface area contributed by atoms with Crippen LogP contribution in [0.15, 0.2) is 22.3 Å². The Morgan fingerprint density at radius 2 is 2.46 bits per heavy atom. The van der Waals surface area contributed by atoms with Crippen molar-refractivity contribution in [2.45, 2.75) is 0 Å². The molecular weight excluding hydrogens is 192 g/mol. The third-order valence-corrected chi connectivity index (χ3v) is 2.19. The highest BCUT2D eigenvalue weighted by Crippen LogP contribution is 2.23. The van der Waals surface area contributed by atoms with Crippen LogP contribution >= 0.6 is 11.3 Å². The van der Waals surface area contributed by atoms with Crippen molar-refractivity contribution < 1.29 is 14.4 Å². The second kappa shape index (κ2) is 2.98. The van der Waals surface area contributed by atoms with E-state index in [0.29, 0.717) is 5.76 Å². The van der Waals surface area contributed by atoms with Crippen molar-refractivity contribution in [1.29, 1.82) is 0 Å². The predicted octanol–water partition coefficient (Wildman–Crippen LogP) is 1.50. The van der Waals surface area contributed by atoms with E-state index in [9.17, 15) is 4.79 Å². The number of carboxylic acid groups (broad SMARTS) is 1. The number of hydrogen-bond donors (Lipinski definition) is 1. The van der Waals surface area contributed by atoms with Gasteiger partial charge in [0, 0.05) is 12.3 Å². The summed E-state index contributed by atoms with van der Waals surface area (Å²) in [5.41, 5.74) is 1.54. The molecule has 2 aromatic heterocycles. The van der Waals surface area contributed by atoms with Crippen molar-refractivity contribution in [1.82, 2.24) is 10.1 Å². The molecule has 0 atom stereocenters. The first kappa shape index (κ1) is 7.93. The molecule has 2 heterocycles. The summed E-state index contributed by atoms with van der Waals surface area (Å²) in [7, 11) is 0. The second-order valence-electron chi connectivity index (χ2n) is 2.25. The number of thiazole rings is 1. The lowest BCUT2D eigenvalue weighted by molar-refractivity contribution is 0.0686. The molecule has 0 fully saturated rings. The van der Waals surface area contributed by atoms with Crippen LogP contribution < -0.4 is 0 Å². The summed E-state index contributed by atoms with van der Waals surface area (Å²) in [6.45, 7) is 0. The van der Waals surface area contributed by atoms with Crippen molar-refractivity contribution in [2.75, 3.05) is 0 Å². The standard InChI is InChI=1S/C7H4N2O3S/c10-7(11)4-1-5(12-9-4)6-2-8-3-13-6/h1-3H,(H,10,11). The van der Waals surface area contributed by atoms with Gasteiger partial charge in [-0.3, -0.25) is 4.98 Å². The zero-order valence-electron chi connectivity index (χ0n) is 6.30. The normalized spacial score (nSPS) is 10.2. The topological polar surface area (TPSA) is 76.2 Å². The summed E-state index contributed by atoms with van der Waals surface area (Å²) in [6, 6.07) is 1.37. The van der Waals surface area contributed by atoms with E-state index < -0.39 is 5.97 Å². The largest absolute Gasteiger partial charge is 0.476 e. The van der Waals surface area contributed by atoms with Crippen molar-refractivity contribution in [3.8, 4) is 10.6 Å². The molecule has 0 saturated carbocycles. The van der Waals surface area contributed by atoms with Crippen LogP contribution in [0.5, 0.6) is 0 Å². The van der Waals surface area contributed by atoms with Gasteiger partial charge in [0.05, 0.1) is 10.4 Å². The van der Waals surface area contributed by atoms with E-state index in [-0.39, 0.29) is 5.69 Å². The van der Waals surface area contributed by atoms with Crippen LogP contribution in [0.2, 0.25) is 0 Å². The Kier molecular flexibility index (Phi) is 1.82. The van der Waals surface area contributed by atoms with E-state index >= 15 is 0 Å². The van der Waals surface area contributed by atoms with Crippen molar-refractivity contribution in [3.63, 3.8) is 0 Å². The van der Waals surface area contributed by atoms with Crippen LogP contribution in [0.25, 0.3) is 10.6 Å². The van der Waals surface area contributed by atoms with E-state index in [4.69, 9.17) is 9.63 Å². The van der Waals surface area contributed by atoms with Crippen LogP contribution in [0, 0.1) is 0 Å². The number of rotatable bonds is 2. The van der Waals surface area contributed by atoms with Crippen LogP contribution in [-0.2, 0) is 0 Å². The summed E-state index contributed by atoms with van der Waals surface area (Å²) in [6.07, 6.45) is 1.59. The molecule has 6 heteroatoms. The van der Waals surface area contributed by atoms with Gasteiger partial charge < -0.3 is 9.63 Å². The van der Waals surface area contributed by atoms with Gasteiger partial charge in [-0.15, -0.1) is 11.3 Å². The first-order valence-corrected chi connectivity index (χ1v) is 4.24. The van der Waals surface area contributed by atoms with Gasteiger partial charge in [0.25, 0.3) is 0 Å². The maximum atomic E-state index is 10.4. The Morgan fingerprint density at radius 1 is 1.62 bits per heavy atom. The van der Waals surface area contributed by atoms with E-state index in [1.807, 2.05) is 0 Å². The minimum atomic E-state index is -1.10. The maximum absolute atomic E-state index is 10.4. The summed E-state index contributed by atoms with van der Waals surface area (Å²) in [5, 5.41) is 11.9. The van der Waals surface area contributed by atoms with E-state index in [1.54, 1.807) is 11.7 Å². The molecule has 0 aliphatic heterocycles. The zero-order valence-corrected chi connectivity index (χ0v) is 7.11. The van der Waals surface area contributed by atoms with E-state index in [2.05, 4.69) is 10.1 Å². The molecule has 0 radical (unpaired) electrons. The summed E-state index contributed by atoms with van der Waals surface area (Å²) < 4.78 is 4.81. The lowest BCUT2D eigenvalue weighted by atomic mass is 10.3. The van der Waals surface area contributed by atoms with E-state index in [1.165, 1.54) is 17.4 Å². The number of hydrogen-bond acceptors (Lipinski definition) is 5. The van der Waals surface area contributed by atoms with Gasteiger partial charge in [0.1, 0.15) is 0 Å². The number of aromatic carboxylic acids is 1.